The normalized spacial score (nSPS) is 15.6. The van der Waals surface area contributed by atoms with Gasteiger partial charge in [-0.3, -0.25) is 4.79 Å². The number of nitrogens with one attached hydrogen (secondary N) is 1. The van der Waals surface area contributed by atoms with E-state index in [4.69, 9.17) is 16.3 Å². The predicted octanol–water partition coefficient (Wildman–Crippen LogP) is 4.84. The molecule has 1 aliphatic heterocycles. The summed E-state index contributed by atoms with van der Waals surface area (Å²) in [5, 5.41) is 11.5. The molecule has 1 fully saturated rings. The molecule has 6 nitrogen and oxygen atoms in total. The fourth-order valence-corrected chi connectivity index (χ4v) is 4.18. The lowest BCUT2D eigenvalue weighted by atomic mass is 10.0. The van der Waals surface area contributed by atoms with Crippen LogP contribution in [-0.2, 0) is 18.7 Å². The highest BCUT2D eigenvalue weighted by molar-refractivity contribution is 6.30. The molecule has 0 bridgehead atoms. The third-order valence-electron chi connectivity index (χ3n) is 5.79. The van der Waals surface area contributed by atoms with Gasteiger partial charge in [-0.2, -0.15) is 0 Å². The fraction of sp³-hybridized carbons (Fsp3) is 0.348. The molecular weight excluding hydrogens is 438 g/mol. The molecule has 2 heterocycles. The summed E-state index contributed by atoms with van der Waals surface area (Å²) in [5.74, 6) is -0.788. The van der Waals surface area contributed by atoms with Crippen LogP contribution in [0.15, 0.2) is 30.3 Å². The summed E-state index contributed by atoms with van der Waals surface area (Å²) in [6, 6.07) is 7.57. The molecule has 0 spiro atoms. The predicted molar refractivity (Wildman–Crippen MR) is 114 cm³/mol. The summed E-state index contributed by atoms with van der Waals surface area (Å²) in [5.41, 5.74) is 1.19. The fourth-order valence-electron chi connectivity index (χ4n) is 3.99. The molecule has 1 aliphatic carbocycles. The van der Waals surface area contributed by atoms with Crippen molar-refractivity contribution in [2.75, 3.05) is 0 Å². The van der Waals surface area contributed by atoms with Gasteiger partial charge in [0.25, 0.3) is 5.91 Å². The van der Waals surface area contributed by atoms with E-state index in [0.717, 1.165) is 36.1 Å². The Morgan fingerprint density at radius 2 is 1.91 bits per heavy atom. The van der Waals surface area contributed by atoms with E-state index in [1.54, 1.807) is 19.9 Å². The van der Waals surface area contributed by atoms with Crippen molar-refractivity contribution >= 4 is 17.5 Å². The molecule has 5 rings (SSSR count). The Morgan fingerprint density at radius 1 is 1.19 bits per heavy atom. The Balaban J connectivity index is 1.55. The molecule has 1 amide bonds. The van der Waals surface area contributed by atoms with Gasteiger partial charge in [-0.05, 0) is 62.4 Å². The first-order valence-corrected chi connectivity index (χ1v) is 10.8. The van der Waals surface area contributed by atoms with Crippen LogP contribution in [0.2, 0.25) is 5.02 Å². The monoisotopic (exact) mass is 458 g/mol. The number of hydrogen-bond donors (Lipinski definition) is 1. The van der Waals surface area contributed by atoms with Gasteiger partial charge in [0.2, 0.25) is 0 Å². The summed E-state index contributed by atoms with van der Waals surface area (Å²) in [6.07, 6.45) is 2.20. The van der Waals surface area contributed by atoms with Gasteiger partial charge in [0.15, 0.2) is 34.6 Å². The highest BCUT2D eigenvalue weighted by atomic mass is 35.5. The van der Waals surface area contributed by atoms with Crippen molar-refractivity contribution in [3.05, 3.63) is 63.9 Å². The van der Waals surface area contributed by atoms with Crippen molar-refractivity contribution in [1.29, 1.82) is 0 Å². The Labute approximate surface area is 188 Å². The van der Waals surface area contributed by atoms with Gasteiger partial charge in [0.1, 0.15) is 0 Å². The van der Waals surface area contributed by atoms with Crippen molar-refractivity contribution in [2.45, 2.75) is 45.4 Å². The van der Waals surface area contributed by atoms with Crippen LogP contribution in [0.1, 0.15) is 48.4 Å². The molecule has 2 aromatic carbocycles. The molecule has 0 saturated heterocycles. The zero-order chi connectivity index (χ0) is 22.6. The van der Waals surface area contributed by atoms with Crippen molar-refractivity contribution in [3.8, 4) is 17.1 Å². The number of amides is 1. The van der Waals surface area contributed by atoms with E-state index in [-0.39, 0.29) is 10.9 Å². The van der Waals surface area contributed by atoms with E-state index in [1.807, 2.05) is 16.7 Å². The highest BCUT2D eigenvalue weighted by Gasteiger charge is 2.35. The summed E-state index contributed by atoms with van der Waals surface area (Å²) in [6.45, 7) is 4.53. The van der Waals surface area contributed by atoms with Crippen molar-refractivity contribution < 1.29 is 18.3 Å². The summed E-state index contributed by atoms with van der Waals surface area (Å²) in [7, 11) is 0. The summed E-state index contributed by atoms with van der Waals surface area (Å²) in [4.78, 5) is 11.9. The lowest BCUT2D eigenvalue weighted by Gasteiger charge is -2.27. The van der Waals surface area contributed by atoms with Crippen LogP contribution in [0.3, 0.4) is 0 Å². The lowest BCUT2D eigenvalue weighted by molar-refractivity contribution is 0.0822. The van der Waals surface area contributed by atoms with Gasteiger partial charge in [-0.15, -0.1) is 10.2 Å². The number of halogens is 3. The molecule has 32 heavy (non-hydrogen) atoms. The van der Waals surface area contributed by atoms with E-state index in [1.165, 1.54) is 0 Å². The van der Waals surface area contributed by atoms with E-state index in [9.17, 15) is 13.6 Å². The second-order valence-corrected chi connectivity index (χ2v) is 9.20. The lowest BCUT2D eigenvalue weighted by Crippen LogP contribution is -2.31. The smallest absolute Gasteiger partial charge is 0.251 e. The van der Waals surface area contributed by atoms with Gasteiger partial charge >= 0.3 is 0 Å². The van der Waals surface area contributed by atoms with E-state index >= 15 is 0 Å². The number of hydrogen-bond acceptors (Lipinski definition) is 4. The highest BCUT2D eigenvalue weighted by Crippen LogP contribution is 2.37. The van der Waals surface area contributed by atoms with E-state index < -0.39 is 23.0 Å². The third-order valence-corrected chi connectivity index (χ3v) is 6.01. The van der Waals surface area contributed by atoms with Gasteiger partial charge in [0.05, 0.1) is 0 Å². The van der Waals surface area contributed by atoms with Crippen molar-refractivity contribution in [2.24, 2.45) is 5.92 Å². The molecular formula is C23H21ClF2N4O2. The average molecular weight is 459 g/mol. The van der Waals surface area contributed by atoms with Gasteiger partial charge in [-0.1, -0.05) is 17.7 Å². The number of fused-ring (bicyclic) bond motifs is 1. The first-order chi connectivity index (χ1) is 15.2. The maximum absolute atomic E-state index is 14.4. The Kier molecular flexibility index (Phi) is 4.93. The molecule has 2 aliphatic rings. The number of rotatable bonds is 6. The number of aromatic nitrogens is 3. The van der Waals surface area contributed by atoms with Crippen LogP contribution in [0.25, 0.3) is 11.4 Å². The number of benzene rings is 2. The Hall–Kier alpha value is -3.00. The molecule has 166 valence electrons. The average Bonchev–Trinajstić information content (AvgIpc) is 3.32. The SMILES string of the molecule is CC(C)(Oc1c(F)cc(Cl)cc1F)c1nnc(-c2ccc3c(c2)CNC3=O)n1CC1CC1. The number of nitrogens with zero attached hydrogens (tertiary/aromatic N) is 3. The molecule has 3 aromatic rings. The summed E-state index contributed by atoms with van der Waals surface area (Å²) < 4.78 is 36.5. The quantitative estimate of drug-likeness (QED) is 0.573. The van der Waals surface area contributed by atoms with Crippen LogP contribution in [0.4, 0.5) is 8.78 Å². The van der Waals surface area contributed by atoms with Crippen LogP contribution in [0.5, 0.6) is 5.75 Å². The molecule has 1 aromatic heterocycles. The van der Waals surface area contributed by atoms with Crippen LogP contribution >= 0.6 is 11.6 Å². The van der Waals surface area contributed by atoms with Gasteiger partial charge < -0.3 is 14.6 Å². The van der Waals surface area contributed by atoms with Crippen LogP contribution in [-0.4, -0.2) is 20.7 Å². The van der Waals surface area contributed by atoms with E-state index in [0.29, 0.717) is 36.2 Å². The molecule has 9 heteroatoms. The Bertz CT molecular complexity index is 1210. The minimum absolute atomic E-state index is 0.0473. The van der Waals surface area contributed by atoms with Crippen LogP contribution in [0, 0.1) is 17.6 Å². The first kappa shape index (κ1) is 20.9. The van der Waals surface area contributed by atoms with Gasteiger partial charge in [0, 0.05) is 29.2 Å². The second kappa shape index (κ2) is 7.55. The van der Waals surface area contributed by atoms with Gasteiger partial charge in [-0.25, -0.2) is 8.78 Å². The zero-order valence-electron chi connectivity index (χ0n) is 17.6. The zero-order valence-corrected chi connectivity index (χ0v) is 18.3. The number of carbonyl (C=O) groups excluding carboxylic acids is 1. The van der Waals surface area contributed by atoms with E-state index in [2.05, 4.69) is 15.5 Å². The van der Waals surface area contributed by atoms with Crippen molar-refractivity contribution in [1.82, 2.24) is 20.1 Å². The van der Waals surface area contributed by atoms with Crippen LogP contribution < -0.4 is 10.1 Å². The number of carbonyl (C=O) groups is 1. The first-order valence-electron chi connectivity index (χ1n) is 10.4. The topological polar surface area (TPSA) is 69.0 Å². The second-order valence-electron chi connectivity index (χ2n) is 8.77. The minimum Gasteiger partial charge on any atom is -0.474 e. The number of ether oxygens (including phenoxy) is 1. The molecule has 0 atom stereocenters. The molecule has 0 radical (unpaired) electrons. The minimum atomic E-state index is -1.18. The Morgan fingerprint density at radius 3 is 2.59 bits per heavy atom. The molecule has 0 unspecified atom stereocenters. The largest absolute Gasteiger partial charge is 0.474 e. The molecule has 1 saturated carbocycles. The summed E-state index contributed by atoms with van der Waals surface area (Å²) >= 11 is 5.73. The third kappa shape index (κ3) is 3.72. The maximum atomic E-state index is 14.4. The standard InChI is InChI=1S/C23H21ClF2N4O2/c1-23(2,32-19-17(25)8-15(24)9-18(19)26)22-29-28-20(30(22)11-12-3-4-12)13-5-6-16-14(7-13)10-27-21(16)31/h5-9,12H,3-4,10-11H2,1-2H3,(H,27,31). The molecule has 1 N–H and O–H groups in total. The maximum Gasteiger partial charge on any atom is 0.251 e. The van der Waals surface area contributed by atoms with Crippen molar-refractivity contribution in [3.63, 3.8) is 0 Å².